The number of ether oxygens (including phenoxy) is 1. The van der Waals surface area contributed by atoms with E-state index >= 15 is 0 Å². The average Bonchev–Trinajstić information content (AvgIpc) is 3.07. The molecule has 0 unspecified atom stereocenters. The summed E-state index contributed by atoms with van der Waals surface area (Å²) in [6, 6.07) is 5.82. The highest BCUT2D eigenvalue weighted by molar-refractivity contribution is 6.15. The van der Waals surface area contributed by atoms with Crippen molar-refractivity contribution in [2.75, 3.05) is 25.1 Å². The molecule has 1 aromatic rings. The van der Waals surface area contributed by atoms with Gasteiger partial charge in [0.1, 0.15) is 0 Å². The van der Waals surface area contributed by atoms with E-state index in [0.717, 1.165) is 0 Å². The van der Waals surface area contributed by atoms with Gasteiger partial charge in [0.25, 0.3) is 11.8 Å². The Morgan fingerprint density at radius 1 is 1.21 bits per heavy atom. The number of carbonyl (C=O) groups is 5. The Morgan fingerprint density at radius 2 is 1.93 bits per heavy atom. The Balaban J connectivity index is 1.78. The molecule has 0 bridgehead atoms. The van der Waals surface area contributed by atoms with Crippen molar-refractivity contribution < 1.29 is 28.7 Å². The molecule has 154 valence electrons. The quantitative estimate of drug-likeness (QED) is 0.686. The van der Waals surface area contributed by atoms with Gasteiger partial charge in [-0.25, -0.2) is 9.59 Å². The molecule has 1 saturated heterocycles. The molecule has 0 radical (unpaired) electrons. The van der Waals surface area contributed by atoms with Crippen LogP contribution in [0.3, 0.4) is 0 Å². The summed E-state index contributed by atoms with van der Waals surface area (Å²) < 4.78 is 5.12. The predicted molar refractivity (Wildman–Crippen MR) is 101 cm³/mol. The molecule has 2 N–H and O–H groups in total. The first kappa shape index (κ1) is 20.3. The van der Waals surface area contributed by atoms with E-state index in [9.17, 15) is 24.0 Å². The largest absolute Gasteiger partial charge is 0.452 e. The summed E-state index contributed by atoms with van der Waals surface area (Å²) in [5, 5.41) is 4.51. The van der Waals surface area contributed by atoms with Crippen LogP contribution in [0.1, 0.15) is 36.5 Å². The first-order valence-electron chi connectivity index (χ1n) is 9.28. The molecular formula is C19H22N4O6. The van der Waals surface area contributed by atoms with Crippen LogP contribution in [-0.4, -0.2) is 60.5 Å². The van der Waals surface area contributed by atoms with Crippen molar-refractivity contribution >= 4 is 35.4 Å². The Hall–Kier alpha value is -3.43. The summed E-state index contributed by atoms with van der Waals surface area (Å²) in [7, 11) is 1.42. The Kier molecular flexibility index (Phi) is 5.53. The van der Waals surface area contributed by atoms with Gasteiger partial charge in [-0.1, -0.05) is 19.1 Å². The number of amides is 5. The molecule has 1 fully saturated rings. The fraction of sp³-hybridized carbons (Fsp3) is 0.421. The lowest BCUT2D eigenvalue weighted by Gasteiger charge is -2.46. The maximum atomic E-state index is 13.0. The SMILES string of the molecule is CCCNC(=O)NC(=O)COC(=O)[C@]12CCC(=O)N1c1ccccc1C(=O)N2C. The minimum Gasteiger partial charge on any atom is -0.452 e. The van der Waals surface area contributed by atoms with E-state index < -0.39 is 36.1 Å². The van der Waals surface area contributed by atoms with Crippen LogP contribution < -0.4 is 15.5 Å². The highest BCUT2D eigenvalue weighted by Gasteiger charge is 2.60. The van der Waals surface area contributed by atoms with Gasteiger partial charge in [0.05, 0.1) is 11.3 Å². The number of hydrogen-bond donors (Lipinski definition) is 2. The molecule has 10 heteroatoms. The van der Waals surface area contributed by atoms with E-state index in [1.54, 1.807) is 24.3 Å². The van der Waals surface area contributed by atoms with Gasteiger partial charge in [-0.15, -0.1) is 0 Å². The molecule has 2 aliphatic heterocycles. The summed E-state index contributed by atoms with van der Waals surface area (Å²) in [4.78, 5) is 64.2. The van der Waals surface area contributed by atoms with Crippen molar-refractivity contribution in [2.45, 2.75) is 31.8 Å². The number of para-hydroxylation sites is 1. The number of likely N-dealkylation sites (N-methyl/N-ethyl adjacent to an activating group) is 1. The zero-order valence-electron chi connectivity index (χ0n) is 16.2. The third-order valence-corrected chi connectivity index (χ3v) is 4.99. The number of hydrogen-bond acceptors (Lipinski definition) is 6. The van der Waals surface area contributed by atoms with Crippen molar-refractivity contribution in [2.24, 2.45) is 0 Å². The number of carbonyl (C=O) groups excluding carboxylic acids is 5. The number of nitrogens with one attached hydrogen (secondary N) is 2. The maximum absolute atomic E-state index is 13.0. The maximum Gasteiger partial charge on any atom is 0.354 e. The van der Waals surface area contributed by atoms with Crippen molar-refractivity contribution in [3.05, 3.63) is 29.8 Å². The van der Waals surface area contributed by atoms with Crippen LogP contribution in [0.25, 0.3) is 0 Å². The van der Waals surface area contributed by atoms with Crippen LogP contribution in [0.2, 0.25) is 0 Å². The molecule has 1 atom stereocenters. The summed E-state index contributed by atoms with van der Waals surface area (Å²) in [6.45, 7) is 1.54. The van der Waals surface area contributed by atoms with Crippen molar-refractivity contribution in [3.8, 4) is 0 Å². The lowest BCUT2D eigenvalue weighted by atomic mass is 9.97. The molecule has 10 nitrogen and oxygen atoms in total. The standard InChI is InChI=1S/C19H22N4O6/c1-3-10-20-18(28)21-14(24)11-29-17(27)19-9-8-15(25)23(19)13-7-5-4-6-12(13)16(26)22(19)2/h4-7H,3,8-11H2,1-2H3,(H2,20,21,24,28)/t19-/m0/s1. The monoisotopic (exact) mass is 402 g/mol. The van der Waals surface area contributed by atoms with Gasteiger partial charge in [0, 0.05) is 26.4 Å². The molecule has 0 aliphatic carbocycles. The topological polar surface area (TPSA) is 125 Å². The molecule has 0 aromatic heterocycles. The number of nitrogens with zero attached hydrogens (tertiary/aromatic N) is 2. The number of esters is 1. The fourth-order valence-electron chi connectivity index (χ4n) is 3.58. The van der Waals surface area contributed by atoms with Gasteiger partial charge >= 0.3 is 12.0 Å². The second-order valence-electron chi connectivity index (χ2n) is 6.81. The number of benzene rings is 1. The molecule has 29 heavy (non-hydrogen) atoms. The fourth-order valence-corrected chi connectivity index (χ4v) is 3.58. The molecule has 5 amide bonds. The minimum atomic E-state index is -1.66. The van der Waals surface area contributed by atoms with Crippen LogP contribution in [-0.2, 0) is 19.1 Å². The van der Waals surface area contributed by atoms with Gasteiger partial charge in [-0.05, 0) is 18.6 Å². The smallest absolute Gasteiger partial charge is 0.354 e. The molecule has 2 heterocycles. The van der Waals surface area contributed by atoms with Crippen molar-refractivity contribution in [3.63, 3.8) is 0 Å². The van der Waals surface area contributed by atoms with Crippen molar-refractivity contribution in [1.82, 2.24) is 15.5 Å². The molecule has 2 aliphatic rings. The third kappa shape index (κ3) is 3.41. The van der Waals surface area contributed by atoms with E-state index in [-0.39, 0.29) is 18.7 Å². The highest BCUT2D eigenvalue weighted by atomic mass is 16.5. The zero-order chi connectivity index (χ0) is 21.2. The summed E-state index contributed by atoms with van der Waals surface area (Å²) >= 11 is 0. The van der Waals surface area contributed by atoms with Crippen molar-refractivity contribution in [1.29, 1.82) is 0 Å². The highest BCUT2D eigenvalue weighted by Crippen LogP contribution is 2.44. The van der Waals surface area contributed by atoms with Crippen LogP contribution >= 0.6 is 0 Å². The van der Waals surface area contributed by atoms with Crippen LogP contribution in [0, 0.1) is 0 Å². The predicted octanol–water partition coefficient (Wildman–Crippen LogP) is 0.374. The summed E-state index contributed by atoms with van der Waals surface area (Å²) in [6.07, 6.45) is 0.789. The molecule has 3 rings (SSSR count). The Morgan fingerprint density at radius 3 is 2.66 bits per heavy atom. The number of fused-ring (bicyclic) bond motifs is 3. The normalized spacial score (nSPS) is 20.1. The van der Waals surface area contributed by atoms with Gasteiger partial charge < -0.3 is 15.0 Å². The first-order chi connectivity index (χ1) is 13.8. The Bertz CT molecular complexity index is 885. The molecule has 1 aromatic carbocycles. The first-order valence-corrected chi connectivity index (χ1v) is 9.28. The lowest BCUT2D eigenvalue weighted by Crippen LogP contribution is -2.67. The minimum absolute atomic E-state index is 0.0415. The summed E-state index contributed by atoms with van der Waals surface area (Å²) in [5.74, 6) is -2.47. The lowest BCUT2D eigenvalue weighted by molar-refractivity contribution is -0.159. The van der Waals surface area contributed by atoms with Crippen LogP contribution in [0.4, 0.5) is 10.5 Å². The average molecular weight is 402 g/mol. The number of imide groups is 1. The van der Waals surface area contributed by atoms with E-state index in [4.69, 9.17) is 4.74 Å². The molecular weight excluding hydrogens is 380 g/mol. The number of urea groups is 1. The van der Waals surface area contributed by atoms with Gasteiger partial charge in [-0.3, -0.25) is 24.6 Å². The van der Waals surface area contributed by atoms with Crippen LogP contribution in [0.15, 0.2) is 24.3 Å². The third-order valence-electron chi connectivity index (χ3n) is 4.99. The second kappa shape index (κ2) is 7.90. The van der Waals surface area contributed by atoms with E-state index in [1.807, 2.05) is 12.2 Å². The zero-order valence-corrected chi connectivity index (χ0v) is 16.2. The van der Waals surface area contributed by atoms with Crippen LogP contribution in [0.5, 0.6) is 0 Å². The molecule has 0 saturated carbocycles. The van der Waals surface area contributed by atoms with Gasteiger partial charge in [0.2, 0.25) is 11.6 Å². The second-order valence-corrected chi connectivity index (χ2v) is 6.81. The number of anilines is 1. The summed E-state index contributed by atoms with van der Waals surface area (Å²) in [5.41, 5.74) is -1.02. The van der Waals surface area contributed by atoms with E-state index in [0.29, 0.717) is 24.2 Å². The van der Waals surface area contributed by atoms with Gasteiger partial charge in [0.15, 0.2) is 6.61 Å². The van der Waals surface area contributed by atoms with E-state index in [2.05, 4.69) is 5.32 Å². The van der Waals surface area contributed by atoms with Gasteiger partial charge in [-0.2, -0.15) is 0 Å². The van der Waals surface area contributed by atoms with E-state index in [1.165, 1.54) is 16.8 Å². The number of rotatable bonds is 5. The Labute approximate surface area is 167 Å². The molecule has 0 spiro atoms.